The van der Waals surface area contributed by atoms with Gasteiger partial charge in [0.15, 0.2) is 0 Å². The Morgan fingerprint density at radius 3 is 2.19 bits per heavy atom. The molecule has 0 aliphatic heterocycles. The Morgan fingerprint density at radius 1 is 0.875 bits per heavy atom. The maximum absolute atomic E-state index is 5.86. The van der Waals surface area contributed by atoms with Gasteiger partial charge in [-0.2, -0.15) is 0 Å². The fourth-order valence-corrected chi connectivity index (χ4v) is 1.51. The van der Waals surface area contributed by atoms with Gasteiger partial charge in [0.1, 0.15) is 17.2 Å². The van der Waals surface area contributed by atoms with Crippen LogP contribution in [0.4, 0.5) is 0 Å². The highest BCUT2D eigenvalue weighted by Crippen LogP contribution is 2.26. The van der Waals surface area contributed by atoms with Crippen LogP contribution in [0.3, 0.4) is 0 Å². The molecule has 0 unspecified atom stereocenters. The molecule has 2 aromatic rings. The molecule has 0 N–H and O–H groups in total. The van der Waals surface area contributed by atoms with Gasteiger partial charge in [-0.25, -0.2) is 0 Å². The molecule has 0 aliphatic rings. The first-order chi connectivity index (χ1) is 7.78. The zero-order valence-corrected chi connectivity index (χ0v) is 9.57. The molecular weight excluding hydrogens is 224 g/mol. The number of benzene rings is 2. The lowest BCUT2D eigenvalue weighted by Crippen LogP contribution is -1.86. The topological polar surface area (TPSA) is 18.5 Å². The van der Waals surface area contributed by atoms with E-state index in [4.69, 9.17) is 21.1 Å². The molecule has 3 heteroatoms. The summed E-state index contributed by atoms with van der Waals surface area (Å²) in [6.07, 6.45) is 0. The van der Waals surface area contributed by atoms with Gasteiger partial charge in [0, 0.05) is 11.1 Å². The first-order valence-corrected chi connectivity index (χ1v) is 5.23. The second kappa shape index (κ2) is 4.90. The lowest BCUT2D eigenvalue weighted by atomic mass is 10.3. The van der Waals surface area contributed by atoms with E-state index in [0.29, 0.717) is 10.8 Å². The summed E-state index contributed by atoms with van der Waals surface area (Å²) in [7, 11) is 1.62. The zero-order valence-electron chi connectivity index (χ0n) is 8.81. The molecule has 0 radical (unpaired) electrons. The van der Waals surface area contributed by atoms with Crippen LogP contribution in [0.1, 0.15) is 0 Å². The molecule has 0 atom stereocenters. The Labute approximate surface area is 99.4 Å². The van der Waals surface area contributed by atoms with Crippen LogP contribution in [-0.4, -0.2) is 7.11 Å². The van der Waals surface area contributed by atoms with Crippen molar-refractivity contribution in [2.24, 2.45) is 0 Å². The average Bonchev–Trinajstić information content (AvgIpc) is 2.29. The van der Waals surface area contributed by atoms with E-state index in [-0.39, 0.29) is 0 Å². The number of ether oxygens (including phenoxy) is 2. The molecule has 82 valence electrons. The van der Waals surface area contributed by atoms with Gasteiger partial charge in [-0.15, -0.1) is 0 Å². The molecule has 0 saturated heterocycles. The normalized spacial score (nSPS) is 9.88. The molecule has 0 aliphatic carbocycles. The van der Waals surface area contributed by atoms with Gasteiger partial charge in [0.2, 0.25) is 0 Å². The van der Waals surface area contributed by atoms with Crippen molar-refractivity contribution in [1.82, 2.24) is 0 Å². The van der Waals surface area contributed by atoms with Crippen LogP contribution in [0, 0.1) is 0 Å². The first kappa shape index (κ1) is 10.8. The minimum absolute atomic E-state index is 0.653. The highest BCUT2D eigenvalue weighted by Gasteiger charge is 1.99. The molecule has 2 rings (SSSR count). The SMILES string of the molecule is COc1cccc(Oc2cccc(Cl)c2)c1. The minimum Gasteiger partial charge on any atom is -0.497 e. The third-order valence-electron chi connectivity index (χ3n) is 2.07. The molecule has 0 amide bonds. The van der Waals surface area contributed by atoms with Gasteiger partial charge in [0.05, 0.1) is 7.11 Å². The second-order valence-electron chi connectivity index (χ2n) is 3.24. The van der Waals surface area contributed by atoms with E-state index in [0.717, 1.165) is 11.5 Å². The molecule has 0 bridgehead atoms. The molecule has 0 heterocycles. The molecule has 2 aromatic carbocycles. The zero-order chi connectivity index (χ0) is 11.4. The van der Waals surface area contributed by atoms with E-state index in [1.54, 1.807) is 19.2 Å². The molecule has 0 spiro atoms. The Kier molecular flexibility index (Phi) is 3.32. The first-order valence-electron chi connectivity index (χ1n) is 4.85. The van der Waals surface area contributed by atoms with E-state index in [2.05, 4.69) is 0 Å². The third kappa shape index (κ3) is 2.67. The summed E-state index contributed by atoms with van der Waals surface area (Å²) in [5.41, 5.74) is 0. The largest absolute Gasteiger partial charge is 0.497 e. The summed E-state index contributed by atoms with van der Waals surface area (Å²) in [4.78, 5) is 0. The van der Waals surface area contributed by atoms with E-state index < -0.39 is 0 Å². The van der Waals surface area contributed by atoms with Gasteiger partial charge in [-0.1, -0.05) is 23.7 Å². The molecule has 0 saturated carbocycles. The minimum atomic E-state index is 0.653. The van der Waals surface area contributed by atoms with Gasteiger partial charge in [0.25, 0.3) is 0 Å². The predicted octanol–water partition coefficient (Wildman–Crippen LogP) is 4.14. The smallest absolute Gasteiger partial charge is 0.131 e. The van der Waals surface area contributed by atoms with Crippen LogP contribution < -0.4 is 9.47 Å². The van der Waals surface area contributed by atoms with E-state index in [1.807, 2.05) is 36.4 Å². The van der Waals surface area contributed by atoms with Crippen LogP contribution in [0.25, 0.3) is 0 Å². The van der Waals surface area contributed by atoms with Crippen molar-refractivity contribution in [3.63, 3.8) is 0 Å². The van der Waals surface area contributed by atoms with Crippen molar-refractivity contribution >= 4 is 11.6 Å². The van der Waals surface area contributed by atoms with Gasteiger partial charge in [-0.3, -0.25) is 0 Å². The van der Waals surface area contributed by atoms with Crippen LogP contribution in [0.15, 0.2) is 48.5 Å². The fraction of sp³-hybridized carbons (Fsp3) is 0.0769. The molecule has 0 aromatic heterocycles. The summed E-state index contributed by atoms with van der Waals surface area (Å²) in [6, 6.07) is 14.7. The van der Waals surface area contributed by atoms with Crippen LogP contribution in [-0.2, 0) is 0 Å². The molecular formula is C13H11ClO2. The highest BCUT2D eigenvalue weighted by atomic mass is 35.5. The van der Waals surface area contributed by atoms with Gasteiger partial charge in [-0.05, 0) is 30.3 Å². The fourth-order valence-electron chi connectivity index (χ4n) is 1.33. The molecule has 2 nitrogen and oxygen atoms in total. The Hall–Kier alpha value is -1.67. The summed E-state index contributed by atoms with van der Waals surface area (Å²) < 4.78 is 10.7. The van der Waals surface area contributed by atoms with E-state index in [1.165, 1.54) is 0 Å². The Morgan fingerprint density at radius 2 is 1.50 bits per heavy atom. The number of hydrogen-bond donors (Lipinski definition) is 0. The maximum Gasteiger partial charge on any atom is 0.131 e. The standard InChI is InChI=1S/C13H11ClO2/c1-15-11-5-3-7-13(9-11)16-12-6-2-4-10(14)8-12/h2-9H,1H3. The predicted molar refractivity (Wildman–Crippen MR) is 64.5 cm³/mol. The quantitative estimate of drug-likeness (QED) is 0.795. The lowest BCUT2D eigenvalue weighted by molar-refractivity contribution is 0.409. The Bertz CT molecular complexity index is 483. The summed E-state index contributed by atoms with van der Waals surface area (Å²) in [5, 5.41) is 0.653. The van der Waals surface area contributed by atoms with Crippen molar-refractivity contribution in [3.8, 4) is 17.2 Å². The van der Waals surface area contributed by atoms with Crippen molar-refractivity contribution < 1.29 is 9.47 Å². The summed E-state index contributed by atoms with van der Waals surface area (Å²) >= 11 is 5.86. The lowest BCUT2D eigenvalue weighted by Gasteiger charge is -2.07. The third-order valence-corrected chi connectivity index (χ3v) is 2.31. The average molecular weight is 235 g/mol. The molecule has 0 fully saturated rings. The van der Waals surface area contributed by atoms with E-state index >= 15 is 0 Å². The van der Waals surface area contributed by atoms with Gasteiger partial charge < -0.3 is 9.47 Å². The molecule has 16 heavy (non-hydrogen) atoms. The number of hydrogen-bond acceptors (Lipinski definition) is 2. The highest BCUT2D eigenvalue weighted by molar-refractivity contribution is 6.30. The number of rotatable bonds is 3. The van der Waals surface area contributed by atoms with Crippen LogP contribution in [0.2, 0.25) is 5.02 Å². The maximum atomic E-state index is 5.86. The monoisotopic (exact) mass is 234 g/mol. The van der Waals surface area contributed by atoms with E-state index in [9.17, 15) is 0 Å². The van der Waals surface area contributed by atoms with Crippen molar-refractivity contribution in [1.29, 1.82) is 0 Å². The second-order valence-corrected chi connectivity index (χ2v) is 3.67. The van der Waals surface area contributed by atoms with Crippen molar-refractivity contribution in [3.05, 3.63) is 53.6 Å². The van der Waals surface area contributed by atoms with Crippen LogP contribution in [0.5, 0.6) is 17.2 Å². The Balaban J connectivity index is 2.20. The van der Waals surface area contributed by atoms with Gasteiger partial charge >= 0.3 is 0 Å². The van der Waals surface area contributed by atoms with Crippen molar-refractivity contribution in [2.75, 3.05) is 7.11 Å². The summed E-state index contributed by atoms with van der Waals surface area (Å²) in [5.74, 6) is 2.20. The summed E-state index contributed by atoms with van der Waals surface area (Å²) in [6.45, 7) is 0. The number of halogens is 1. The van der Waals surface area contributed by atoms with Crippen LogP contribution >= 0.6 is 11.6 Å². The van der Waals surface area contributed by atoms with Crippen molar-refractivity contribution in [2.45, 2.75) is 0 Å². The number of methoxy groups -OCH3 is 1.